The Kier molecular flexibility index (Phi) is 6.43. The Morgan fingerprint density at radius 2 is 2.00 bits per heavy atom. The van der Waals surface area contributed by atoms with Crippen molar-refractivity contribution in [3.63, 3.8) is 0 Å². The first-order chi connectivity index (χ1) is 9.49. The number of unbranched alkanes of at least 4 members (excludes halogenated alkanes) is 1. The second-order valence-electron chi connectivity index (χ2n) is 4.68. The van der Waals surface area contributed by atoms with Gasteiger partial charge in [0.05, 0.1) is 11.0 Å². The number of hydrogen-bond donors (Lipinski definition) is 0. The molecule has 1 aromatic rings. The predicted octanol–water partition coefficient (Wildman–Crippen LogP) is 3.73. The van der Waals surface area contributed by atoms with Crippen molar-refractivity contribution in [3.05, 3.63) is 46.0 Å². The van der Waals surface area contributed by atoms with Crippen LogP contribution in [0.3, 0.4) is 0 Å². The quantitative estimate of drug-likeness (QED) is 0.329. The highest BCUT2D eigenvalue weighted by molar-refractivity contribution is 5.69. The third-order valence-corrected chi connectivity index (χ3v) is 2.53. The number of ether oxygens (including phenoxy) is 1. The molecule has 0 spiro atoms. The van der Waals surface area contributed by atoms with Crippen molar-refractivity contribution in [1.82, 2.24) is 0 Å². The van der Waals surface area contributed by atoms with Gasteiger partial charge in [0.15, 0.2) is 0 Å². The number of nitro benzene ring substituents is 1. The van der Waals surface area contributed by atoms with Gasteiger partial charge in [-0.05, 0) is 44.4 Å². The van der Waals surface area contributed by atoms with Gasteiger partial charge >= 0.3 is 5.97 Å². The molecule has 0 saturated heterocycles. The zero-order valence-electron chi connectivity index (χ0n) is 11.7. The van der Waals surface area contributed by atoms with Gasteiger partial charge in [0, 0.05) is 18.6 Å². The highest BCUT2D eigenvalue weighted by atomic mass is 16.6. The van der Waals surface area contributed by atoms with Crippen LogP contribution in [0.15, 0.2) is 30.3 Å². The lowest BCUT2D eigenvalue weighted by molar-refractivity contribution is -0.384. The number of non-ortho nitro benzene ring substituents is 1. The molecule has 0 aliphatic rings. The first kappa shape index (κ1) is 15.9. The Bertz CT molecular complexity index is 477. The van der Waals surface area contributed by atoms with Crippen molar-refractivity contribution in [2.75, 3.05) is 0 Å². The Balaban J connectivity index is 2.31. The van der Waals surface area contributed by atoms with Crippen LogP contribution in [-0.4, -0.2) is 17.0 Å². The van der Waals surface area contributed by atoms with E-state index in [4.69, 9.17) is 4.74 Å². The third kappa shape index (κ3) is 6.13. The lowest BCUT2D eigenvalue weighted by atomic mass is 10.1. The molecule has 0 aliphatic heterocycles. The van der Waals surface area contributed by atoms with Crippen LogP contribution in [0.5, 0.6) is 0 Å². The molecule has 0 fully saturated rings. The molecule has 108 valence electrons. The van der Waals surface area contributed by atoms with E-state index in [2.05, 4.69) is 0 Å². The molecule has 0 aliphatic carbocycles. The summed E-state index contributed by atoms with van der Waals surface area (Å²) in [7, 11) is 0. The first-order valence-corrected chi connectivity index (χ1v) is 6.59. The molecule has 5 nitrogen and oxygen atoms in total. The smallest absolute Gasteiger partial charge is 0.306 e. The summed E-state index contributed by atoms with van der Waals surface area (Å²) in [5.41, 5.74) is 0.985. The average molecular weight is 277 g/mol. The summed E-state index contributed by atoms with van der Waals surface area (Å²) in [6, 6.07) is 6.34. The molecule has 5 heteroatoms. The molecule has 0 aromatic heterocycles. The van der Waals surface area contributed by atoms with E-state index in [-0.39, 0.29) is 17.8 Å². The first-order valence-electron chi connectivity index (χ1n) is 6.59. The van der Waals surface area contributed by atoms with Crippen LogP contribution in [0.4, 0.5) is 5.69 Å². The van der Waals surface area contributed by atoms with E-state index in [9.17, 15) is 14.9 Å². The molecule has 20 heavy (non-hydrogen) atoms. The average Bonchev–Trinajstić information content (AvgIpc) is 2.38. The Morgan fingerprint density at radius 1 is 1.35 bits per heavy atom. The van der Waals surface area contributed by atoms with Crippen LogP contribution < -0.4 is 0 Å². The third-order valence-electron chi connectivity index (χ3n) is 2.53. The summed E-state index contributed by atoms with van der Waals surface area (Å²) >= 11 is 0. The number of nitrogens with zero attached hydrogens (tertiary/aromatic N) is 1. The molecular formula is C15H19NO4. The van der Waals surface area contributed by atoms with Gasteiger partial charge in [0.2, 0.25) is 0 Å². The number of carbonyl (C=O) groups is 1. The predicted molar refractivity (Wildman–Crippen MR) is 77.2 cm³/mol. The van der Waals surface area contributed by atoms with Crippen molar-refractivity contribution in [3.8, 4) is 0 Å². The Hall–Kier alpha value is -2.17. The zero-order valence-corrected chi connectivity index (χ0v) is 11.7. The molecule has 0 radical (unpaired) electrons. The van der Waals surface area contributed by atoms with E-state index >= 15 is 0 Å². The molecule has 0 atom stereocenters. The molecule has 0 amide bonds. The molecule has 0 bridgehead atoms. The molecule has 1 rings (SSSR count). The van der Waals surface area contributed by atoms with Gasteiger partial charge in [-0.25, -0.2) is 0 Å². The van der Waals surface area contributed by atoms with Gasteiger partial charge in [0.1, 0.15) is 0 Å². The van der Waals surface area contributed by atoms with Crippen molar-refractivity contribution in [2.45, 2.75) is 39.2 Å². The fourth-order valence-electron chi connectivity index (χ4n) is 1.61. The summed E-state index contributed by atoms with van der Waals surface area (Å²) in [5, 5.41) is 10.5. The standard InChI is InChI=1S/C15H19NO4/c1-12(2)20-15(17)7-5-3-4-6-13-8-10-14(11-9-13)16(18)19/h4,6,8-12H,3,5,7H2,1-2H3/b6-4+. The minimum Gasteiger partial charge on any atom is -0.463 e. The molecule has 1 aromatic carbocycles. The topological polar surface area (TPSA) is 69.4 Å². The van der Waals surface area contributed by atoms with E-state index in [1.807, 2.05) is 26.0 Å². The minimum atomic E-state index is -0.423. The van der Waals surface area contributed by atoms with Gasteiger partial charge in [-0.1, -0.05) is 12.2 Å². The highest BCUT2D eigenvalue weighted by Crippen LogP contribution is 2.13. The summed E-state index contributed by atoms with van der Waals surface area (Å²) in [4.78, 5) is 21.4. The summed E-state index contributed by atoms with van der Waals surface area (Å²) in [6.07, 6.45) is 5.67. The number of esters is 1. The molecule has 0 unspecified atom stereocenters. The van der Waals surface area contributed by atoms with E-state index in [1.165, 1.54) is 12.1 Å². The van der Waals surface area contributed by atoms with E-state index in [1.54, 1.807) is 12.1 Å². The second kappa shape index (κ2) is 8.09. The van der Waals surface area contributed by atoms with Crippen LogP contribution in [0.2, 0.25) is 0 Å². The monoisotopic (exact) mass is 277 g/mol. The minimum absolute atomic E-state index is 0.0712. The van der Waals surface area contributed by atoms with E-state index < -0.39 is 4.92 Å². The van der Waals surface area contributed by atoms with Crippen LogP contribution in [-0.2, 0) is 9.53 Å². The fraction of sp³-hybridized carbons (Fsp3) is 0.400. The lowest BCUT2D eigenvalue weighted by Gasteiger charge is -2.06. The van der Waals surface area contributed by atoms with Crippen LogP contribution >= 0.6 is 0 Å². The maximum Gasteiger partial charge on any atom is 0.306 e. The number of benzene rings is 1. The molecule has 0 saturated carbocycles. The number of allylic oxidation sites excluding steroid dienone is 1. The number of carbonyl (C=O) groups excluding carboxylic acids is 1. The molecular weight excluding hydrogens is 258 g/mol. The fourth-order valence-corrected chi connectivity index (χ4v) is 1.61. The van der Waals surface area contributed by atoms with Gasteiger partial charge < -0.3 is 4.74 Å². The van der Waals surface area contributed by atoms with Gasteiger partial charge in [-0.15, -0.1) is 0 Å². The van der Waals surface area contributed by atoms with Gasteiger partial charge in [-0.2, -0.15) is 0 Å². The maximum atomic E-state index is 11.3. The van der Waals surface area contributed by atoms with Crippen LogP contribution in [0.25, 0.3) is 6.08 Å². The normalized spacial score (nSPS) is 10.9. The molecule has 0 N–H and O–H groups in total. The van der Waals surface area contributed by atoms with E-state index in [0.29, 0.717) is 6.42 Å². The molecule has 0 heterocycles. The van der Waals surface area contributed by atoms with Crippen molar-refractivity contribution in [1.29, 1.82) is 0 Å². The second-order valence-corrected chi connectivity index (χ2v) is 4.68. The van der Waals surface area contributed by atoms with Crippen molar-refractivity contribution >= 4 is 17.7 Å². The van der Waals surface area contributed by atoms with Gasteiger partial charge in [0.25, 0.3) is 5.69 Å². The maximum absolute atomic E-state index is 11.3. The van der Waals surface area contributed by atoms with E-state index in [0.717, 1.165) is 18.4 Å². The summed E-state index contributed by atoms with van der Waals surface area (Å²) < 4.78 is 5.02. The number of hydrogen-bond acceptors (Lipinski definition) is 4. The number of nitro groups is 1. The SMILES string of the molecule is CC(C)OC(=O)CCC/C=C/c1ccc([N+](=O)[O-])cc1. The zero-order chi connectivity index (χ0) is 15.0. The number of rotatable bonds is 7. The van der Waals surface area contributed by atoms with Gasteiger partial charge in [-0.3, -0.25) is 14.9 Å². The van der Waals surface area contributed by atoms with Crippen LogP contribution in [0, 0.1) is 10.1 Å². The summed E-state index contributed by atoms with van der Waals surface area (Å²) in [6.45, 7) is 3.65. The Morgan fingerprint density at radius 3 is 2.55 bits per heavy atom. The van der Waals surface area contributed by atoms with Crippen LogP contribution in [0.1, 0.15) is 38.7 Å². The largest absolute Gasteiger partial charge is 0.463 e. The Labute approximate surface area is 118 Å². The van der Waals surface area contributed by atoms with Crippen molar-refractivity contribution in [2.24, 2.45) is 0 Å². The highest BCUT2D eigenvalue weighted by Gasteiger charge is 2.04. The summed E-state index contributed by atoms with van der Waals surface area (Å²) in [5.74, 6) is -0.177. The lowest BCUT2D eigenvalue weighted by Crippen LogP contribution is -2.10. The van der Waals surface area contributed by atoms with Crippen molar-refractivity contribution < 1.29 is 14.5 Å².